The monoisotopic (exact) mass is 359 g/mol. The van der Waals surface area contributed by atoms with Crippen molar-refractivity contribution >= 4 is 27.5 Å². The number of hydrogen-bond acceptors (Lipinski definition) is 4. The minimum atomic E-state index is -0.418. The lowest BCUT2D eigenvalue weighted by atomic mass is 10.0. The van der Waals surface area contributed by atoms with Gasteiger partial charge in [-0.2, -0.15) is 0 Å². The molecule has 0 bridgehead atoms. The van der Waals surface area contributed by atoms with Crippen molar-refractivity contribution < 1.29 is 14.3 Å². The number of nitrogens with zero attached hydrogens (tertiary/aromatic N) is 2. The third-order valence-electron chi connectivity index (χ3n) is 3.64. The van der Waals surface area contributed by atoms with Gasteiger partial charge >= 0.3 is 0 Å². The fraction of sp³-hybridized carbons (Fsp3) is 0.500. The maximum Gasteiger partial charge on any atom is 0.171 e. The highest BCUT2D eigenvalue weighted by Crippen LogP contribution is 2.30. The number of hydrogen-bond donors (Lipinski definition) is 2. The van der Waals surface area contributed by atoms with Crippen LogP contribution in [0.2, 0.25) is 0 Å². The Balaban J connectivity index is 2.17. The summed E-state index contributed by atoms with van der Waals surface area (Å²) in [5, 5.41) is 11.6. The van der Waals surface area contributed by atoms with Crippen molar-refractivity contribution in [3.8, 4) is 0 Å². The Morgan fingerprint density at radius 3 is 3.00 bits per heavy atom. The fourth-order valence-corrected chi connectivity index (χ4v) is 3.06. The number of rotatable bonds is 4. The first-order valence-corrected chi connectivity index (χ1v) is 7.58. The van der Waals surface area contributed by atoms with Crippen molar-refractivity contribution in [2.45, 2.75) is 12.8 Å². The zero-order valence-corrected chi connectivity index (χ0v) is 13.4. The van der Waals surface area contributed by atoms with Crippen LogP contribution >= 0.6 is 15.9 Å². The molecule has 3 N–H and O–H groups in total. The molecule has 1 aliphatic heterocycles. The number of ether oxygens (including phenoxy) is 1. The van der Waals surface area contributed by atoms with Crippen LogP contribution < -0.4 is 10.6 Å². The quantitative estimate of drug-likeness (QED) is 0.375. The van der Waals surface area contributed by atoms with Gasteiger partial charge in [0, 0.05) is 25.8 Å². The Kier molecular flexibility index (Phi) is 5.41. The van der Waals surface area contributed by atoms with Gasteiger partial charge in [-0.3, -0.25) is 0 Å². The number of oxime groups is 1. The third kappa shape index (κ3) is 3.65. The van der Waals surface area contributed by atoms with Crippen molar-refractivity contribution in [2.75, 3.05) is 31.7 Å². The Bertz CT molecular complexity index is 533. The molecule has 0 aromatic heterocycles. The number of anilines is 1. The van der Waals surface area contributed by atoms with E-state index >= 15 is 0 Å². The Morgan fingerprint density at radius 1 is 1.62 bits per heavy atom. The average molecular weight is 360 g/mol. The first-order valence-electron chi connectivity index (χ1n) is 6.79. The van der Waals surface area contributed by atoms with Crippen LogP contribution in [0, 0.1) is 11.7 Å². The number of halogens is 2. The predicted molar refractivity (Wildman–Crippen MR) is 83.4 cm³/mol. The molecule has 1 fully saturated rings. The molecule has 1 heterocycles. The van der Waals surface area contributed by atoms with Gasteiger partial charge in [0.25, 0.3) is 0 Å². The van der Waals surface area contributed by atoms with E-state index in [-0.39, 0.29) is 10.3 Å². The predicted octanol–water partition coefficient (Wildman–Crippen LogP) is 2.55. The standard InChI is InChI=1S/C14H19BrFN3O2/c1-19(7-9-3-2-6-21-8-9)11-5-4-10(14(17)18-20)12(15)13(11)16/h4-5,9,20H,2-3,6-8H2,1H3,(H2,17,18). The second kappa shape index (κ2) is 7.09. The fourth-order valence-electron chi connectivity index (χ4n) is 2.52. The lowest BCUT2D eigenvalue weighted by Gasteiger charge is -2.29. The average Bonchev–Trinajstić information content (AvgIpc) is 2.50. The highest BCUT2D eigenvalue weighted by Gasteiger charge is 2.20. The second-order valence-corrected chi connectivity index (χ2v) is 6.00. The first kappa shape index (κ1) is 16.0. The summed E-state index contributed by atoms with van der Waals surface area (Å²) < 4.78 is 20.1. The topological polar surface area (TPSA) is 71.1 Å². The van der Waals surface area contributed by atoms with E-state index in [1.807, 2.05) is 11.9 Å². The molecule has 1 aromatic rings. The molecule has 0 aliphatic carbocycles. The molecule has 116 valence electrons. The molecule has 1 unspecified atom stereocenters. The van der Waals surface area contributed by atoms with Crippen molar-refractivity contribution in [1.29, 1.82) is 0 Å². The lowest BCUT2D eigenvalue weighted by molar-refractivity contribution is 0.0576. The smallest absolute Gasteiger partial charge is 0.171 e. The van der Waals surface area contributed by atoms with Crippen molar-refractivity contribution in [2.24, 2.45) is 16.8 Å². The van der Waals surface area contributed by atoms with E-state index in [9.17, 15) is 4.39 Å². The molecule has 0 amide bonds. The first-order chi connectivity index (χ1) is 10.0. The molecule has 1 aliphatic rings. The summed E-state index contributed by atoms with van der Waals surface area (Å²) in [6, 6.07) is 3.27. The molecule has 21 heavy (non-hydrogen) atoms. The maximum atomic E-state index is 14.5. The van der Waals surface area contributed by atoms with Crippen LogP contribution in [0.25, 0.3) is 0 Å². The minimum absolute atomic E-state index is 0.129. The molecular formula is C14H19BrFN3O2. The van der Waals surface area contributed by atoms with E-state index in [2.05, 4.69) is 21.1 Å². The molecule has 0 saturated carbocycles. The summed E-state index contributed by atoms with van der Waals surface area (Å²) in [4.78, 5) is 1.87. The van der Waals surface area contributed by atoms with Gasteiger partial charge in [-0.25, -0.2) is 4.39 Å². The zero-order chi connectivity index (χ0) is 15.4. The maximum absolute atomic E-state index is 14.5. The number of nitrogens with two attached hydrogens (primary N) is 1. The zero-order valence-electron chi connectivity index (χ0n) is 11.9. The second-order valence-electron chi connectivity index (χ2n) is 5.21. The Labute approximate surface area is 131 Å². The molecule has 1 saturated heterocycles. The molecule has 0 spiro atoms. The summed E-state index contributed by atoms with van der Waals surface area (Å²) in [7, 11) is 1.85. The van der Waals surface area contributed by atoms with Crippen LogP contribution in [0.3, 0.4) is 0 Å². The Hall–Kier alpha value is -1.34. The van der Waals surface area contributed by atoms with Gasteiger partial charge in [0.15, 0.2) is 11.7 Å². The summed E-state index contributed by atoms with van der Waals surface area (Å²) in [5.74, 6) is -0.139. The van der Waals surface area contributed by atoms with E-state index in [1.165, 1.54) is 0 Å². The van der Waals surface area contributed by atoms with Crippen molar-refractivity contribution in [3.05, 3.63) is 28.0 Å². The van der Waals surface area contributed by atoms with E-state index in [1.54, 1.807) is 12.1 Å². The van der Waals surface area contributed by atoms with Crippen LogP contribution in [0.15, 0.2) is 21.8 Å². The summed E-state index contributed by atoms with van der Waals surface area (Å²) in [6.07, 6.45) is 2.14. The van der Waals surface area contributed by atoms with Crippen molar-refractivity contribution in [1.82, 2.24) is 0 Å². The highest BCUT2D eigenvalue weighted by atomic mass is 79.9. The van der Waals surface area contributed by atoms with Gasteiger partial charge in [-0.15, -0.1) is 0 Å². The lowest BCUT2D eigenvalue weighted by Crippen LogP contribution is -2.31. The van der Waals surface area contributed by atoms with Gasteiger partial charge in [0.1, 0.15) is 0 Å². The molecule has 0 radical (unpaired) electrons. The molecule has 5 nitrogen and oxygen atoms in total. The normalized spacial score (nSPS) is 19.6. The molecular weight excluding hydrogens is 341 g/mol. The van der Waals surface area contributed by atoms with Gasteiger partial charge in [-0.1, -0.05) is 5.16 Å². The summed E-state index contributed by atoms with van der Waals surface area (Å²) in [6.45, 7) is 2.26. The van der Waals surface area contributed by atoms with E-state index in [0.29, 0.717) is 17.2 Å². The van der Waals surface area contributed by atoms with Crippen LogP contribution in [0.5, 0.6) is 0 Å². The molecule has 2 rings (SSSR count). The number of benzene rings is 1. The third-order valence-corrected chi connectivity index (χ3v) is 4.42. The van der Waals surface area contributed by atoms with E-state index in [0.717, 1.165) is 32.6 Å². The number of amidine groups is 1. The highest BCUT2D eigenvalue weighted by molar-refractivity contribution is 9.10. The molecule has 7 heteroatoms. The Morgan fingerprint density at radius 2 is 2.38 bits per heavy atom. The minimum Gasteiger partial charge on any atom is -0.409 e. The van der Waals surface area contributed by atoms with Crippen LogP contribution in [-0.4, -0.2) is 37.8 Å². The van der Waals surface area contributed by atoms with E-state index in [4.69, 9.17) is 15.7 Å². The van der Waals surface area contributed by atoms with Gasteiger partial charge < -0.3 is 20.6 Å². The van der Waals surface area contributed by atoms with Crippen LogP contribution in [-0.2, 0) is 4.74 Å². The van der Waals surface area contributed by atoms with Gasteiger partial charge in [-0.05, 0) is 46.8 Å². The SMILES string of the molecule is CN(CC1CCCOC1)c1ccc(/C(N)=N/O)c(Br)c1F. The van der Waals surface area contributed by atoms with Gasteiger partial charge in [0.2, 0.25) is 0 Å². The van der Waals surface area contributed by atoms with Gasteiger partial charge in [0.05, 0.1) is 16.8 Å². The summed E-state index contributed by atoms with van der Waals surface area (Å²) >= 11 is 3.17. The molecule has 1 atom stereocenters. The van der Waals surface area contributed by atoms with Crippen LogP contribution in [0.1, 0.15) is 18.4 Å². The summed E-state index contributed by atoms with van der Waals surface area (Å²) in [5.41, 5.74) is 6.31. The van der Waals surface area contributed by atoms with E-state index < -0.39 is 5.82 Å². The largest absolute Gasteiger partial charge is 0.409 e. The van der Waals surface area contributed by atoms with Crippen molar-refractivity contribution in [3.63, 3.8) is 0 Å². The molecule has 1 aromatic carbocycles. The van der Waals surface area contributed by atoms with Crippen LogP contribution in [0.4, 0.5) is 10.1 Å².